The van der Waals surface area contributed by atoms with Crippen LogP contribution in [0.4, 0.5) is 0 Å². The fraction of sp³-hybridized carbons (Fsp3) is 0.615. The summed E-state index contributed by atoms with van der Waals surface area (Å²) in [5.74, 6) is 0.834. The first-order valence-electron chi connectivity index (χ1n) is 6.73. The van der Waals surface area contributed by atoms with E-state index in [2.05, 4.69) is 4.98 Å². The van der Waals surface area contributed by atoms with Gasteiger partial charge in [0.15, 0.2) is 5.16 Å². The van der Waals surface area contributed by atoms with Gasteiger partial charge in [-0.2, -0.15) is 0 Å². The highest BCUT2D eigenvalue weighted by Gasteiger charge is 2.29. The van der Waals surface area contributed by atoms with Crippen molar-refractivity contribution in [2.24, 2.45) is 0 Å². The van der Waals surface area contributed by atoms with Gasteiger partial charge >= 0.3 is 0 Å². The Labute approximate surface area is 121 Å². The Morgan fingerprint density at radius 3 is 3.00 bits per heavy atom. The number of hydrogen-bond donors (Lipinski definition) is 0. The van der Waals surface area contributed by atoms with E-state index in [1.165, 1.54) is 6.07 Å². The van der Waals surface area contributed by atoms with Crippen LogP contribution in [0.3, 0.4) is 0 Å². The van der Waals surface area contributed by atoms with E-state index >= 15 is 0 Å². The summed E-state index contributed by atoms with van der Waals surface area (Å²) in [5.41, 5.74) is 0.672. The fourth-order valence-corrected chi connectivity index (χ4v) is 3.75. The molecule has 1 amide bonds. The smallest absolute Gasteiger partial charge is 0.254 e. The molecule has 1 unspecified atom stereocenters. The molecule has 1 atom stereocenters. The Bertz CT molecular complexity index is 581. The summed E-state index contributed by atoms with van der Waals surface area (Å²) in [6, 6.07) is 1.45. The number of aryl methyl sites for hydroxylation is 1. The van der Waals surface area contributed by atoms with E-state index in [9.17, 15) is 9.59 Å². The number of carbonyl (C=O) groups excluding carboxylic acids is 1. The molecule has 0 bridgehead atoms. The van der Waals surface area contributed by atoms with Gasteiger partial charge in [-0.15, -0.1) is 0 Å². The standard InChI is InChI=1S/C13H17N3O3S/c1-9-6-12(18)16-10(8-20-13(16)14-9)7-11(17)15-2-4-19-5-3-15/h6,10H,2-5,7-8H2,1H3. The van der Waals surface area contributed by atoms with Crippen LogP contribution in [0, 0.1) is 6.92 Å². The topological polar surface area (TPSA) is 64.4 Å². The molecule has 6 nitrogen and oxygen atoms in total. The van der Waals surface area contributed by atoms with Crippen LogP contribution in [-0.2, 0) is 9.53 Å². The number of amides is 1. The molecule has 2 aliphatic heterocycles. The molecular weight excluding hydrogens is 278 g/mol. The largest absolute Gasteiger partial charge is 0.378 e. The summed E-state index contributed by atoms with van der Waals surface area (Å²) in [4.78, 5) is 30.5. The first kappa shape index (κ1) is 13.6. The average Bonchev–Trinajstić information content (AvgIpc) is 2.82. The van der Waals surface area contributed by atoms with Gasteiger partial charge in [0.05, 0.1) is 19.3 Å². The third-order valence-electron chi connectivity index (χ3n) is 3.59. The maximum absolute atomic E-state index is 12.3. The zero-order chi connectivity index (χ0) is 14.1. The van der Waals surface area contributed by atoms with Crippen molar-refractivity contribution in [2.45, 2.75) is 24.5 Å². The molecule has 2 aliphatic rings. The zero-order valence-corrected chi connectivity index (χ0v) is 12.2. The lowest BCUT2D eigenvalue weighted by Gasteiger charge is -2.28. The lowest BCUT2D eigenvalue weighted by molar-refractivity contribution is -0.136. The molecule has 3 rings (SSSR count). The van der Waals surface area contributed by atoms with E-state index in [0.29, 0.717) is 32.7 Å². The SMILES string of the molecule is Cc1cc(=O)n2c(n1)SCC2CC(=O)N1CCOCC1. The van der Waals surface area contributed by atoms with Crippen LogP contribution in [0.1, 0.15) is 18.2 Å². The molecule has 1 fully saturated rings. The highest BCUT2D eigenvalue weighted by molar-refractivity contribution is 7.99. The van der Waals surface area contributed by atoms with Crippen molar-refractivity contribution in [1.29, 1.82) is 0 Å². The summed E-state index contributed by atoms with van der Waals surface area (Å²) in [5, 5.41) is 0.731. The van der Waals surface area contributed by atoms with Crippen LogP contribution in [-0.4, -0.2) is 52.4 Å². The Kier molecular flexibility index (Phi) is 3.80. The van der Waals surface area contributed by atoms with E-state index in [-0.39, 0.29) is 17.5 Å². The molecule has 0 radical (unpaired) electrons. The van der Waals surface area contributed by atoms with E-state index in [0.717, 1.165) is 16.6 Å². The molecule has 20 heavy (non-hydrogen) atoms. The van der Waals surface area contributed by atoms with Crippen molar-refractivity contribution in [3.8, 4) is 0 Å². The number of carbonyl (C=O) groups is 1. The van der Waals surface area contributed by atoms with Crippen LogP contribution >= 0.6 is 11.8 Å². The summed E-state index contributed by atoms with van der Waals surface area (Å²) in [7, 11) is 0. The predicted octanol–water partition coefficient (Wildman–Crippen LogP) is 0.447. The van der Waals surface area contributed by atoms with Crippen molar-refractivity contribution in [3.05, 3.63) is 22.1 Å². The van der Waals surface area contributed by atoms with Gasteiger partial charge in [-0.25, -0.2) is 4.98 Å². The second kappa shape index (κ2) is 5.57. The van der Waals surface area contributed by atoms with E-state index in [1.807, 2.05) is 11.8 Å². The number of ether oxygens (including phenoxy) is 1. The summed E-state index contributed by atoms with van der Waals surface area (Å²) < 4.78 is 6.91. The number of fused-ring (bicyclic) bond motifs is 1. The second-order valence-electron chi connectivity index (χ2n) is 5.05. The van der Waals surface area contributed by atoms with Gasteiger partial charge in [0.1, 0.15) is 0 Å². The molecule has 0 aromatic carbocycles. The first-order chi connectivity index (χ1) is 9.65. The number of hydrogen-bond acceptors (Lipinski definition) is 5. The molecule has 0 N–H and O–H groups in total. The van der Waals surface area contributed by atoms with Crippen molar-refractivity contribution >= 4 is 17.7 Å². The molecule has 0 aliphatic carbocycles. The molecular formula is C13H17N3O3S. The average molecular weight is 295 g/mol. The van der Waals surface area contributed by atoms with Gasteiger partial charge in [0.2, 0.25) is 5.91 Å². The Hall–Kier alpha value is -1.34. The molecule has 1 saturated heterocycles. The van der Waals surface area contributed by atoms with Gasteiger partial charge in [-0.1, -0.05) is 11.8 Å². The maximum atomic E-state index is 12.3. The first-order valence-corrected chi connectivity index (χ1v) is 7.72. The number of morpholine rings is 1. The molecule has 108 valence electrons. The fourth-order valence-electron chi connectivity index (χ4n) is 2.56. The Morgan fingerprint density at radius 2 is 2.25 bits per heavy atom. The summed E-state index contributed by atoms with van der Waals surface area (Å²) in [6.45, 7) is 4.30. The van der Waals surface area contributed by atoms with Crippen molar-refractivity contribution in [1.82, 2.24) is 14.5 Å². The van der Waals surface area contributed by atoms with Crippen molar-refractivity contribution in [3.63, 3.8) is 0 Å². The predicted molar refractivity (Wildman–Crippen MR) is 75.0 cm³/mol. The quantitative estimate of drug-likeness (QED) is 0.741. The van der Waals surface area contributed by atoms with Crippen LogP contribution in [0.2, 0.25) is 0 Å². The lowest BCUT2D eigenvalue weighted by atomic mass is 10.2. The normalized spacial score (nSPS) is 21.9. The lowest BCUT2D eigenvalue weighted by Crippen LogP contribution is -2.42. The highest BCUT2D eigenvalue weighted by Crippen LogP contribution is 2.32. The molecule has 3 heterocycles. The number of aromatic nitrogens is 2. The Balaban J connectivity index is 1.75. The van der Waals surface area contributed by atoms with Gasteiger partial charge in [0, 0.05) is 37.0 Å². The number of rotatable bonds is 2. The van der Waals surface area contributed by atoms with Gasteiger partial charge in [-0.05, 0) is 6.92 Å². The molecule has 1 aromatic rings. The second-order valence-corrected chi connectivity index (χ2v) is 6.04. The number of nitrogens with zero attached hydrogens (tertiary/aromatic N) is 3. The van der Waals surface area contributed by atoms with Gasteiger partial charge < -0.3 is 9.64 Å². The number of thioether (sulfide) groups is 1. The van der Waals surface area contributed by atoms with E-state index < -0.39 is 0 Å². The van der Waals surface area contributed by atoms with E-state index in [1.54, 1.807) is 16.3 Å². The molecule has 7 heteroatoms. The van der Waals surface area contributed by atoms with Crippen LogP contribution in [0.25, 0.3) is 0 Å². The molecule has 1 aromatic heterocycles. The van der Waals surface area contributed by atoms with Crippen molar-refractivity contribution < 1.29 is 9.53 Å². The minimum absolute atomic E-state index is 0.0581. The minimum Gasteiger partial charge on any atom is -0.378 e. The van der Waals surface area contributed by atoms with Crippen LogP contribution in [0.5, 0.6) is 0 Å². The molecule has 0 saturated carbocycles. The Morgan fingerprint density at radius 1 is 1.50 bits per heavy atom. The van der Waals surface area contributed by atoms with Crippen LogP contribution in [0.15, 0.2) is 16.0 Å². The maximum Gasteiger partial charge on any atom is 0.254 e. The summed E-state index contributed by atoms with van der Waals surface area (Å²) >= 11 is 1.55. The third kappa shape index (κ3) is 2.60. The van der Waals surface area contributed by atoms with Crippen molar-refractivity contribution in [2.75, 3.05) is 32.1 Å². The monoisotopic (exact) mass is 295 g/mol. The minimum atomic E-state index is -0.0778. The zero-order valence-electron chi connectivity index (χ0n) is 11.4. The molecule has 0 spiro atoms. The summed E-state index contributed by atoms with van der Waals surface area (Å²) in [6.07, 6.45) is 0.366. The van der Waals surface area contributed by atoms with Crippen LogP contribution < -0.4 is 5.56 Å². The highest BCUT2D eigenvalue weighted by atomic mass is 32.2. The third-order valence-corrected chi connectivity index (χ3v) is 4.69. The van der Waals surface area contributed by atoms with Gasteiger partial charge in [0.25, 0.3) is 5.56 Å². The van der Waals surface area contributed by atoms with E-state index in [4.69, 9.17) is 4.74 Å². The van der Waals surface area contributed by atoms with Gasteiger partial charge in [-0.3, -0.25) is 14.2 Å².